The molecule has 0 fully saturated rings. The Balaban J connectivity index is 4.92. The maximum atomic E-state index is 8.93. The van der Waals surface area contributed by atoms with Gasteiger partial charge in [0, 0.05) is 0 Å². The Morgan fingerprint density at radius 2 is 1.73 bits per heavy atom. The zero-order valence-electron chi connectivity index (χ0n) is 8.69. The molecule has 0 saturated heterocycles. The maximum Gasteiger partial charge on any atom is 0.172 e. The first-order valence-corrected chi connectivity index (χ1v) is 4.79. The fourth-order valence-electron chi connectivity index (χ4n) is 1.34. The van der Waals surface area contributed by atoms with Crippen molar-refractivity contribution in [2.75, 3.05) is 0 Å². The van der Waals surface area contributed by atoms with Crippen molar-refractivity contribution in [3.05, 3.63) is 0 Å². The number of rotatable bonds is 5. The van der Waals surface area contributed by atoms with Crippen LogP contribution in [0.3, 0.4) is 0 Å². The van der Waals surface area contributed by atoms with E-state index in [0.717, 1.165) is 12.8 Å². The average molecular weight is 200 g/mol. The molecule has 0 heterocycles. The molecule has 76 valence electrons. The molecule has 0 amide bonds. The van der Waals surface area contributed by atoms with Gasteiger partial charge in [-0.2, -0.15) is 21.0 Å². The monoisotopic (exact) mass is 200 g/mol. The summed E-state index contributed by atoms with van der Waals surface area (Å²) in [5.41, 5.74) is -1.46. The molecule has 0 radical (unpaired) electrons. The predicted molar refractivity (Wildman–Crippen MR) is 52.5 cm³/mol. The first kappa shape index (κ1) is 13.0. The SMILES string of the molecule is CCCCC(C#N)C(C#N)(C#N)CC#N. The van der Waals surface area contributed by atoms with E-state index in [9.17, 15) is 0 Å². The average Bonchev–Trinajstić information content (AvgIpc) is 2.28. The molecule has 0 aliphatic carbocycles. The van der Waals surface area contributed by atoms with Crippen LogP contribution in [0.2, 0.25) is 0 Å². The standard InChI is InChI=1S/C11H12N4/c1-2-3-4-10(7-13)11(8-14,9-15)5-6-12/h10H,2-5H2,1H3. The minimum atomic E-state index is -1.46. The van der Waals surface area contributed by atoms with Crippen LogP contribution in [0.25, 0.3) is 0 Å². The lowest BCUT2D eigenvalue weighted by atomic mass is 9.74. The van der Waals surface area contributed by atoms with E-state index in [2.05, 4.69) is 0 Å². The predicted octanol–water partition coefficient (Wildman–Crippen LogP) is 2.26. The van der Waals surface area contributed by atoms with Crippen molar-refractivity contribution in [2.24, 2.45) is 11.3 Å². The Kier molecular flexibility index (Phi) is 5.55. The largest absolute Gasteiger partial charge is 0.198 e. The molecule has 0 aromatic rings. The summed E-state index contributed by atoms with van der Waals surface area (Å²) in [6.45, 7) is 1.97. The van der Waals surface area contributed by atoms with Crippen LogP contribution in [0, 0.1) is 56.7 Å². The van der Waals surface area contributed by atoms with Crippen molar-refractivity contribution >= 4 is 0 Å². The lowest BCUT2D eigenvalue weighted by Crippen LogP contribution is -2.26. The molecule has 0 N–H and O–H groups in total. The van der Waals surface area contributed by atoms with Gasteiger partial charge in [-0.25, -0.2) is 0 Å². The summed E-state index contributed by atoms with van der Waals surface area (Å²) in [6, 6.07) is 7.41. The summed E-state index contributed by atoms with van der Waals surface area (Å²) >= 11 is 0. The fraction of sp³-hybridized carbons (Fsp3) is 0.636. The summed E-state index contributed by atoms with van der Waals surface area (Å²) in [7, 11) is 0. The third-order valence-corrected chi connectivity index (χ3v) is 2.35. The van der Waals surface area contributed by atoms with Crippen LogP contribution in [0.15, 0.2) is 0 Å². The zero-order valence-corrected chi connectivity index (χ0v) is 8.69. The summed E-state index contributed by atoms with van der Waals surface area (Å²) < 4.78 is 0. The second kappa shape index (κ2) is 6.42. The smallest absolute Gasteiger partial charge is 0.172 e. The molecule has 0 aromatic carbocycles. The van der Waals surface area contributed by atoms with Gasteiger partial charge in [-0.05, 0) is 6.42 Å². The number of hydrogen-bond acceptors (Lipinski definition) is 4. The van der Waals surface area contributed by atoms with Crippen LogP contribution < -0.4 is 0 Å². The van der Waals surface area contributed by atoms with Gasteiger partial charge in [0.2, 0.25) is 0 Å². The number of nitrogens with zero attached hydrogens (tertiary/aromatic N) is 4. The Labute approximate surface area is 90.0 Å². The minimum Gasteiger partial charge on any atom is -0.198 e. The summed E-state index contributed by atoms with van der Waals surface area (Å²) in [4.78, 5) is 0. The van der Waals surface area contributed by atoms with Crippen molar-refractivity contribution < 1.29 is 0 Å². The first-order valence-electron chi connectivity index (χ1n) is 4.79. The molecule has 0 saturated carbocycles. The highest BCUT2D eigenvalue weighted by molar-refractivity contribution is 5.23. The van der Waals surface area contributed by atoms with Crippen molar-refractivity contribution in [1.29, 1.82) is 21.0 Å². The summed E-state index contributed by atoms with van der Waals surface area (Å²) in [5.74, 6) is -0.674. The van der Waals surface area contributed by atoms with E-state index in [1.807, 2.05) is 25.1 Å². The summed E-state index contributed by atoms with van der Waals surface area (Å²) in [5, 5.41) is 35.4. The van der Waals surface area contributed by atoms with Gasteiger partial charge >= 0.3 is 0 Å². The van der Waals surface area contributed by atoms with Gasteiger partial charge in [0.25, 0.3) is 0 Å². The Hall–Kier alpha value is -2.04. The van der Waals surface area contributed by atoms with Gasteiger partial charge < -0.3 is 0 Å². The minimum absolute atomic E-state index is 0.206. The third-order valence-electron chi connectivity index (χ3n) is 2.35. The van der Waals surface area contributed by atoms with Crippen LogP contribution in [0.1, 0.15) is 32.6 Å². The maximum absolute atomic E-state index is 8.93. The molecule has 1 unspecified atom stereocenters. The van der Waals surface area contributed by atoms with Gasteiger partial charge in [-0.1, -0.05) is 19.8 Å². The normalized spacial score (nSPS) is 11.5. The quantitative estimate of drug-likeness (QED) is 0.679. The van der Waals surface area contributed by atoms with Gasteiger partial charge in [0.1, 0.15) is 0 Å². The molecule has 0 spiro atoms. The number of nitriles is 4. The first-order chi connectivity index (χ1) is 7.20. The Morgan fingerprint density at radius 3 is 2.07 bits per heavy atom. The highest BCUT2D eigenvalue weighted by atomic mass is 14.5. The molecule has 1 atom stereocenters. The molecular weight excluding hydrogens is 188 g/mol. The van der Waals surface area contributed by atoms with Crippen molar-refractivity contribution in [1.82, 2.24) is 0 Å². The van der Waals surface area contributed by atoms with Crippen LogP contribution in [0.4, 0.5) is 0 Å². The van der Waals surface area contributed by atoms with Gasteiger partial charge in [0.15, 0.2) is 5.41 Å². The molecule has 4 heteroatoms. The van der Waals surface area contributed by atoms with E-state index in [-0.39, 0.29) is 6.42 Å². The van der Waals surface area contributed by atoms with E-state index < -0.39 is 11.3 Å². The van der Waals surface area contributed by atoms with Crippen molar-refractivity contribution in [3.8, 4) is 24.3 Å². The van der Waals surface area contributed by atoms with E-state index in [4.69, 9.17) is 21.0 Å². The summed E-state index contributed by atoms with van der Waals surface area (Å²) in [6.07, 6.45) is 1.98. The van der Waals surface area contributed by atoms with Crippen molar-refractivity contribution in [3.63, 3.8) is 0 Å². The lowest BCUT2D eigenvalue weighted by molar-refractivity contribution is 0.365. The second-order valence-electron chi connectivity index (χ2n) is 3.35. The zero-order chi connectivity index (χ0) is 11.7. The van der Waals surface area contributed by atoms with Gasteiger partial charge in [-0.3, -0.25) is 0 Å². The van der Waals surface area contributed by atoms with Crippen LogP contribution in [-0.2, 0) is 0 Å². The molecule has 0 aromatic heterocycles. The molecule has 0 aliphatic rings. The highest BCUT2D eigenvalue weighted by Gasteiger charge is 2.39. The second-order valence-corrected chi connectivity index (χ2v) is 3.35. The topological polar surface area (TPSA) is 95.2 Å². The lowest BCUT2D eigenvalue weighted by Gasteiger charge is -2.20. The van der Waals surface area contributed by atoms with Crippen LogP contribution in [0.5, 0.6) is 0 Å². The Bertz CT molecular complexity index is 344. The van der Waals surface area contributed by atoms with E-state index in [1.54, 1.807) is 6.07 Å². The Morgan fingerprint density at radius 1 is 1.13 bits per heavy atom. The number of unbranched alkanes of at least 4 members (excludes halogenated alkanes) is 1. The molecule has 0 aliphatic heterocycles. The van der Waals surface area contributed by atoms with E-state index >= 15 is 0 Å². The van der Waals surface area contributed by atoms with Gasteiger partial charge in [0.05, 0.1) is 36.6 Å². The van der Waals surface area contributed by atoms with Crippen LogP contribution in [-0.4, -0.2) is 0 Å². The molecule has 15 heavy (non-hydrogen) atoms. The van der Waals surface area contributed by atoms with E-state index in [0.29, 0.717) is 6.42 Å². The molecule has 0 rings (SSSR count). The molecule has 0 bridgehead atoms. The van der Waals surface area contributed by atoms with E-state index in [1.165, 1.54) is 0 Å². The number of hydrogen-bond donors (Lipinski definition) is 0. The van der Waals surface area contributed by atoms with Crippen LogP contribution >= 0.6 is 0 Å². The molecule has 4 nitrogen and oxygen atoms in total. The van der Waals surface area contributed by atoms with Gasteiger partial charge in [-0.15, -0.1) is 0 Å². The third kappa shape index (κ3) is 2.98. The van der Waals surface area contributed by atoms with Crippen molar-refractivity contribution in [2.45, 2.75) is 32.6 Å². The molecular formula is C11H12N4. The fourth-order valence-corrected chi connectivity index (χ4v) is 1.34. The highest BCUT2D eigenvalue weighted by Crippen LogP contribution is 2.33.